The lowest BCUT2D eigenvalue weighted by Crippen LogP contribution is -2.38. The van der Waals surface area contributed by atoms with Crippen molar-refractivity contribution in [3.63, 3.8) is 0 Å². The van der Waals surface area contributed by atoms with Gasteiger partial charge in [-0.2, -0.15) is 0 Å². The Morgan fingerprint density at radius 1 is 1.08 bits per heavy atom. The van der Waals surface area contributed by atoms with Gasteiger partial charge in [0.1, 0.15) is 0 Å². The quantitative estimate of drug-likeness (QED) is 0.543. The molecule has 1 heteroatoms. The summed E-state index contributed by atoms with van der Waals surface area (Å²) in [6.45, 7) is 12.4. The Morgan fingerprint density at radius 2 is 1.67 bits per heavy atom. The molecule has 3 atom stereocenters. The lowest BCUT2D eigenvalue weighted by molar-refractivity contribution is -0.0871. The fourth-order valence-electron chi connectivity index (χ4n) is 1.67. The zero-order chi connectivity index (χ0) is 9.35. The molecule has 0 aromatic heterocycles. The summed E-state index contributed by atoms with van der Waals surface area (Å²) < 4.78 is 5.83. The molecule has 1 aliphatic heterocycles. The lowest BCUT2D eigenvalue weighted by Gasteiger charge is -2.39. The van der Waals surface area contributed by atoms with E-state index in [0.29, 0.717) is 11.5 Å². The van der Waals surface area contributed by atoms with Crippen molar-refractivity contribution in [2.24, 2.45) is 17.3 Å². The minimum absolute atomic E-state index is 0.314. The summed E-state index contributed by atoms with van der Waals surface area (Å²) in [7, 11) is 0. The molecule has 0 unspecified atom stereocenters. The van der Waals surface area contributed by atoms with Crippen molar-refractivity contribution in [2.75, 3.05) is 6.61 Å². The maximum absolute atomic E-state index is 5.83. The van der Waals surface area contributed by atoms with Gasteiger partial charge < -0.3 is 4.74 Å². The molecule has 1 fully saturated rings. The van der Waals surface area contributed by atoms with Crippen LogP contribution < -0.4 is 0 Å². The van der Waals surface area contributed by atoms with Crippen molar-refractivity contribution < 1.29 is 4.74 Å². The van der Waals surface area contributed by atoms with E-state index < -0.39 is 0 Å². The molecule has 0 spiro atoms. The Morgan fingerprint density at radius 3 is 2.08 bits per heavy atom. The van der Waals surface area contributed by atoms with E-state index >= 15 is 0 Å². The second-order valence-electron chi connectivity index (χ2n) is 5.38. The van der Waals surface area contributed by atoms with Crippen LogP contribution in [0.4, 0.5) is 0 Å². The van der Waals surface area contributed by atoms with Gasteiger partial charge in [-0.3, -0.25) is 0 Å². The normalized spacial score (nSPS) is 38.2. The fraction of sp³-hybridized carbons (Fsp3) is 1.00. The van der Waals surface area contributed by atoms with Crippen LogP contribution in [0, 0.1) is 17.3 Å². The Hall–Kier alpha value is -0.0400. The molecule has 12 heavy (non-hydrogen) atoms. The van der Waals surface area contributed by atoms with E-state index in [2.05, 4.69) is 34.6 Å². The van der Waals surface area contributed by atoms with Crippen molar-refractivity contribution in [3.05, 3.63) is 0 Å². The molecule has 0 aromatic carbocycles. The van der Waals surface area contributed by atoms with Crippen LogP contribution in [0.5, 0.6) is 0 Å². The smallest absolute Gasteiger partial charge is 0.0626 e. The first kappa shape index (κ1) is 10.0. The first-order valence-corrected chi connectivity index (χ1v) is 5.03. The predicted molar refractivity (Wildman–Crippen MR) is 52.1 cm³/mol. The highest BCUT2D eigenvalue weighted by molar-refractivity contribution is 4.81. The van der Waals surface area contributed by atoms with E-state index in [0.717, 1.165) is 18.4 Å². The van der Waals surface area contributed by atoms with Gasteiger partial charge in [0, 0.05) is 6.61 Å². The molecule has 0 bridgehead atoms. The molecule has 1 aliphatic rings. The van der Waals surface area contributed by atoms with Crippen LogP contribution in [0.2, 0.25) is 0 Å². The topological polar surface area (TPSA) is 9.23 Å². The molecular weight excluding hydrogens is 148 g/mol. The van der Waals surface area contributed by atoms with Crippen LogP contribution in [0.1, 0.15) is 41.0 Å². The standard InChI is InChI=1S/C11H22O/c1-8-6-10(11(3,4)5)12-7-9(8)2/h8-10H,6-7H2,1-5H3/t8-,9-,10-/m1/s1. The summed E-state index contributed by atoms with van der Waals surface area (Å²) in [5.74, 6) is 1.56. The lowest BCUT2D eigenvalue weighted by atomic mass is 9.78. The van der Waals surface area contributed by atoms with E-state index in [-0.39, 0.29) is 0 Å². The Balaban J connectivity index is 2.51. The van der Waals surface area contributed by atoms with Gasteiger partial charge in [-0.25, -0.2) is 0 Å². The van der Waals surface area contributed by atoms with E-state index in [1.165, 1.54) is 6.42 Å². The van der Waals surface area contributed by atoms with Gasteiger partial charge >= 0.3 is 0 Å². The first-order valence-electron chi connectivity index (χ1n) is 5.03. The molecule has 0 radical (unpaired) electrons. The number of rotatable bonds is 0. The largest absolute Gasteiger partial charge is 0.377 e. The molecule has 1 nitrogen and oxygen atoms in total. The summed E-state index contributed by atoms with van der Waals surface area (Å²) in [6.07, 6.45) is 1.69. The average molecular weight is 170 g/mol. The molecular formula is C11H22O. The summed E-state index contributed by atoms with van der Waals surface area (Å²) in [5, 5.41) is 0. The van der Waals surface area contributed by atoms with Crippen molar-refractivity contribution in [2.45, 2.75) is 47.1 Å². The van der Waals surface area contributed by atoms with Crippen molar-refractivity contribution in [3.8, 4) is 0 Å². The Kier molecular flexibility index (Phi) is 2.82. The highest BCUT2D eigenvalue weighted by Crippen LogP contribution is 2.34. The summed E-state index contributed by atoms with van der Waals surface area (Å²) >= 11 is 0. The predicted octanol–water partition coefficient (Wildman–Crippen LogP) is 3.09. The molecule has 1 heterocycles. The molecule has 1 saturated heterocycles. The average Bonchev–Trinajstić information content (AvgIpc) is 1.92. The van der Waals surface area contributed by atoms with Crippen molar-refractivity contribution in [1.29, 1.82) is 0 Å². The van der Waals surface area contributed by atoms with Gasteiger partial charge in [0.15, 0.2) is 0 Å². The van der Waals surface area contributed by atoms with Crippen molar-refractivity contribution in [1.82, 2.24) is 0 Å². The number of hydrogen-bond donors (Lipinski definition) is 0. The highest BCUT2D eigenvalue weighted by Gasteiger charge is 2.32. The molecule has 0 saturated carbocycles. The second-order valence-corrected chi connectivity index (χ2v) is 5.38. The van der Waals surface area contributed by atoms with Crippen LogP contribution in [0.25, 0.3) is 0 Å². The number of hydrogen-bond acceptors (Lipinski definition) is 1. The Bertz CT molecular complexity index is 146. The molecule has 0 aliphatic carbocycles. The van der Waals surface area contributed by atoms with E-state index in [9.17, 15) is 0 Å². The zero-order valence-corrected chi connectivity index (χ0v) is 9.05. The zero-order valence-electron chi connectivity index (χ0n) is 9.05. The Labute approximate surface area is 76.5 Å². The SMILES string of the molecule is C[C@@H]1CO[C@@H](C(C)(C)C)C[C@H]1C. The van der Waals surface area contributed by atoms with Gasteiger partial charge in [0.2, 0.25) is 0 Å². The van der Waals surface area contributed by atoms with Crippen LogP contribution in [0.15, 0.2) is 0 Å². The van der Waals surface area contributed by atoms with Gasteiger partial charge in [-0.15, -0.1) is 0 Å². The minimum atomic E-state index is 0.314. The molecule has 0 N–H and O–H groups in total. The number of ether oxygens (including phenoxy) is 1. The summed E-state index contributed by atoms with van der Waals surface area (Å²) in [5.41, 5.74) is 0.314. The second kappa shape index (κ2) is 3.37. The maximum Gasteiger partial charge on any atom is 0.0626 e. The van der Waals surface area contributed by atoms with E-state index in [1.807, 2.05) is 0 Å². The van der Waals surface area contributed by atoms with Crippen LogP contribution in [-0.4, -0.2) is 12.7 Å². The first-order chi connectivity index (χ1) is 5.41. The monoisotopic (exact) mass is 170 g/mol. The summed E-state index contributed by atoms with van der Waals surface area (Å²) in [4.78, 5) is 0. The third kappa shape index (κ3) is 2.22. The minimum Gasteiger partial charge on any atom is -0.377 e. The third-order valence-corrected chi connectivity index (χ3v) is 3.08. The maximum atomic E-state index is 5.83. The van der Waals surface area contributed by atoms with E-state index in [4.69, 9.17) is 4.74 Å². The fourth-order valence-corrected chi connectivity index (χ4v) is 1.67. The van der Waals surface area contributed by atoms with Gasteiger partial charge in [-0.05, 0) is 23.7 Å². The van der Waals surface area contributed by atoms with Gasteiger partial charge in [0.05, 0.1) is 6.10 Å². The van der Waals surface area contributed by atoms with E-state index in [1.54, 1.807) is 0 Å². The third-order valence-electron chi connectivity index (χ3n) is 3.08. The van der Waals surface area contributed by atoms with Gasteiger partial charge in [-0.1, -0.05) is 34.6 Å². The summed E-state index contributed by atoms with van der Waals surface area (Å²) in [6, 6.07) is 0. The molecule has 0 amide bonds. The van der Waals surface area contributed by atoms with Crippen molar-refractivity contribution >= 4 is 0 Å². The van der Waals surface area contributed by atoms with Crippen LogP contribution >= 0.6 is 0 Å². The van der Waals surface area contributed by atoms with Gasteiger partial charge in [0.25, 0.3) is 0 Å². The van der Waals surface area contributed by atoms with Crippen LogP contribution in [0.3, 0.4) is 0 Å². The molecule has 0 aromatic rings. The van der Waals surface area contributed by atoms with Crippen LogP contribution in [-0.2, 0) is 4.74 Å². The highest BCUT2D eigenvalue weighted by atomic mass is 16.5. The molecule has 1 rings (SSSR count). The molecule has 72 valence electrons.